The number of ether oxygens (including phenoxy) is 1. The van der Waals surface area contributed by atoms with Gasteiger partial charge in [0, 0.05) is 16.5 Å². The minimum absolute atomic E-state index is 0.0175. The summed E-state index contributed by atoms with van der Waals surface area (Å²) in [5.41, 5.74) is 0.239. The monoisotopic (exact) mass is 364 g/mol. The van der Waals surface area contributed by atoms with Gasteiger partial charge in [0.25, 0.3) is 0 Å². The van der Waals surface area contributed by atoms with E-state index in [2.05, 4.69) is 20.8 Å². The zero-order valence-electron chi connectivity index (χ0n) is 17.0. The number of carbonyl (C=O) groups is 1. The lowest BCUT2D eigenvalue weighted by Crippen LogP contribution is -2.52. The topological polar surface area (TPSA) is 49.8 Å². The maximum absolute atomic E-state index is 13.5. The number of rotatable bonds is 1. The van der Waals surface area contributed by atoms with Crippen molar-refractivity contribution in [1.29, 1.82) is 0 Å². The molecule has 3 atom stereocenters. The standard InChI is InChI=1S/C24H28O3/c1-21(2,3)16-12-13-17-18(14-16)23(26,15-10-8-7-9-11-15)20-24(27-20,19(17)25)22(4,5)6/h7-14,20,26H,1-6H3. The number of epoxide rings is 1. The van der Waals surface area contributed by atoms with E-state index in [1.807, 2.05) is 69.3 Å². The summed E-state index contributed by atoms with van der Waals surface area (Å²) >= 11 is 0. The molecule has 3 nitrogen and oxygen atoms in total. The van der Waals surface area contributed by atoms with Crippen molar-refractivity contribution in [1.82, 2.24) is 0 Å². The van der Waals surface area contributed by atoms with E-state index in [1.54, 1.807) is 0 Å². The van der Waals surface area contributed by atoms with Crippen LogP contribution in [0.2, 0.25) is 0 Å². The van der Waals surface area contributed by atoms with Crippen molar-refractivity contribution in [3.05, 3.63) is 70.8 Å². The number of benzene rings is 2. The molecule has 2 aromatic rings. The van der Waals surface area contributed by atoms with Crippen LogP contribution in [-0.2, 0) is 15.8 Å². The summed E-state index contributed by atoms with van der Waals surface area (Å²) in [5.74, 6) is -0.0175. The van der Waals surface area contributed by atoms with Crippen LogP contribution >= 0.6 is 0 Å². The van der Waals surface area contributed by atoms with Gasteiger partial charge in [-0.2, -0.15) is 0 Å². The van der Waals surface area contributed by atoms with Crippen LogP contribution in [0, 0.1) is 5.41 Å². The molecule has 0 bridgehead atoms. The van der Waals surface area contributed by atoms with Gasteiger partial charge in [-0.1, -0.05) is 90.1 Å². The molecular weight excluding hydrogens is 336 g/mol. The zero-order chi connectivity index (χ0) is 19.8. The zero-order valence-corrected chi connectivity index (χ0v) is 17.0. The molecule has 142 valence electrons. The highest BCUT2D eigenvalue weighted by molar-refractivity contribution is 6.09. The maximum Gasteiger partial charge on any atom is 0.198 e. The molecule has 3 heteroatoms. The second-order valence-electron chi connectivity index (χ2n) is 9.96. The SMILES string of the molecule is CC(C)(C)c1ccc2c(c1)C(O)(c1ccccc1)C1OC1(C(C)(C)C)C2=O. The van der Waals surface area contributed by atoms with Gasteiger partial charge in [0.05, 0.1) is 0 Å². The molecule has 27 heavy (non-hydrogen) atoms. The van der Waals surface area contributed by atoms with Crippen LogP contribution < -0.4 is 0 Å². The highest BCUT2D eigenvalue weighted by Gasteiger charge is 2.78. The number of fused-ring (bicyclic) bond motifs is 2. The average molecular weight is 364 g/mol. The second-order valence-corrected chi connectivity index (χ2v) is 9.96. The van der Waals surface area contributed by atoms with Crippen LogP contribution in [0.1, 0.15) is 68.6 Å². The van der Waals surface area contributed by atoms with Crippen molar-refractivity contribution in [3.63, 3.8) is 0 Å². The van der Waals surface area contributed by atoms with Crippen molar-refractivity contribution in [3.8, 4) is 0 Å². The summed E-state index contributed by atoms with van der Waals surface area (Å²) in [6, 6.07) is 15.5. The minimum atomic E-state index is -1.35. The molecular formula is C24H28O3. The third-order valence-electron chi connectivity index (χ3n) is 6.20. The molecule has 1 N–H and O–H groups in total. The Bertz CT molecular complexity index is 917. The van der Waals surface area contributed by atoms with Gasteiger partial charge in [0.1, 0.15) is 11.7 Å². The molecule has 1 fully saturated rings. The number of hydrogen-bond donors (Lipinski definition) is 1. The molecule has 0 aromatic heterocycles. The van der Waals surface area contributed by atoms with Gasteiger partial charge >= 0.3 is 0 Å². The summed E-state index contributed by atoms with van der Waals surface area (Å²) in [4.78, 5) is 13.5. The second kappa shape index (κ2) is 5.30. The first-order valence-corrected chi connectivity index (χ1v) is 9.59. The van der Waals surface area contributed by atoms with E-state index in [1.165, 1.54) is 0 Å². The van der Waals surface area contributed by atoms with E-state index in [9.17, 15) is 9.90 Å². The van der Waals surface area contributed by atoms with Gasteiger partial charge in [-0.15, -0.1) is 0 Å². The van der Waals surface area contributed by atoms with Crippen LogP contribution in [-0.4, -0.2) is 22.6 Å². The Labute approximate surface area is 161 Å². The Morgan fingerprint density at radius 1 is 0.963 bits per heavy atom. The van der Waals surface area contributed by atoms with E-state index in [0.717, 1.165) is 11.1 Å². The summed E-state index contributed by atoms with van der Waals surface area (Å²) in [6.45, 7) is 12.4. The maximum atomic E-state index is 13.5. The Morgan fingerprint density at radius 3 is 2.15 bits per heavy atom. The van der Waals surface area contributed by atoms with Gasteiger partial charge < -0.3 is 9.84 Å². The Balaban J connectivity index is 2.02. The fourth-order valence-corrected chi connectivity index (χ4v) is 4.48. The lowest BCUT2D eigenvalue weighted by molar-refractivity contribution is 0.0428. The highest BCUT2D eigenvalue weighted by atomic mass is 16.6. The Morgan fingerprint density at radius 2 is 1.59 bits per heavy atom. The summed E-state index contributed by atoms with van der Waals surface area (Å²) in [7, 11) is 0. The normalized spacial score (nSPS) is 29.9. The lowest BCUT2D eigenvalue weighted by atomic mass is 9.62. The van der Waals surface area contributed by atoms with Crippen LogP contribution in [0.15, 0.2) is 48.5 Å². The summed E-state index contributed by atoms with van der Waals surface area (Å²) in [6.07, 6.45) is -0.581. The Kier molecular flexibility index (Phi) is 3.61. The van der Waals surface area contributed by atoms with E-state index < -0.39 is 22.7 Å². The van der Waals surface area contributed by atoms with Gasteiger partial charge in [0.15, 0.2) is 11.4 Å². The number of ketones is 1. The molecule has 2 aliphatic rings. The third-order valence-corrected chi connectivity index (χ3v) is 6.20. The largest absolute Gasteiger partial charge is 0.377 e. The fraction of sp³-hybridized carbons (Fsp3) is 0.458. The van der Waals surface area contributed by atoms with E-state index in [0.29, 0.717) is 11.1 Å². The van der Waals surface area contributed by atoms with Gasteiger partial charge in [-0.3, -0.25) is 4.79 Å². The number of aliphatic hydroxyl groups is 1. The predicted molar refractivity (Wildman–Crippen MR) is 106 cm³/mol. The first-order chi connectivity index (χ1) is 12.4. The summed E-state index contributed by atoms with van der Waals surface area (Å²) in [5, 5.41) is 12.1. The number of hydrogen-bond acceptors (Lipinski definition) is 3. The smallest absolute Gasteiger partial charge is 0.198 e. The average Bonchev–Trinajstić information content (AvgIpc) is 3.37. The molecule has 2 aromatic carbocycles. The molecule has 1 aliphatic heterocycles. The highest BCUT2D eigenvalue weighted by Crippen LogP contribution is 2.63. The quantitative estimate of drug-likeness (QED) is 0.753. The van der Waals surface area contributed by atoms with Crippen LogP contribution in [0.25, 0.3) is 0 Å². The van der Waals surface area contributed by atoms with E-state index in [-0.39, 0.29) is 11.2 Å². The molecule has 3 unspecified atom stereocenters. The van der Waals surface area contributed by atoms with Crippen LogP contribution in [0.5, 0.6) is 0 Å². The van der Waals surface area contributed by atoms with Crippen molar-refractivity contribution in [2.24, 2.45) is 5.41 Å². The van der Waals surface area contributed by atoms with Crippen LogP contribution in [0.3, 0.4) is 0 Å². The van der Waals surface area contributed by atoms with Crippen molar-refractivity contribution >= 4 is 5.78 Å². The predicted octanol–water partition coefficient (Wildman–Crippen LogP) is 4.60. The van der Waals surface area contributed by atoms with E-state index in [4.69, 9.17) is 4.74 Å². The van der Waals surface area contributed by atoms with Crippen LogP contribution in [0.4, 0.5) is 0 Å². The Hall–Kier alpha value is -1.97. The van der Waals surface area contributed by atoms with Gasteiger partial charge in [0.2, 0.25) is 0 Å². The third kappa shape index (κ3) is 2.31. The number of carbonyl (C=O) groups excluding carboxylic acids is 1. The van der Waals surface area contributed by atoms with Gasteiger partial charge in [-0.25, -0.2) is 0 Å². The van der Waals surface area contributed by atoms with Gasteiger partial charge in [-0.05, 0) is 16.5 Å². The fourth-order valence-electron chi connectivity index (χ4n) is 4.48. The molecule has 0 radical (unpaired) electrons. The molecule has 1 aliphatic carbocycles. The van der Waals surface area contributed by atoms with Crippen molar-refractivity contribution in [2.45, 2.75) is 64.3 Å². The van der Waals surface area contributed by atoms with E-state index >= 15 is 0 Å². The first-order valence-electron chi connectivity index (χ1n) is 9.59. The molecule has 4 rings (SSSR count). The van der Waals surface area contributed by atoms with Crippen molar-refractivity contribution < 1.29 is 14.6 Å². The molecule has 1 heterocycles. The molecule has 0 saturated carbocycles. The minimum Gasteiger partial charge on any atom is -0.377 e. The number of Topliss-reactive ketones (excluding diaryl/α,β-unsaturated/α-hetero) is 1. The molecule has 0 spiro atoms. The molecule has 1 saturated heterocycles. The van der Waals surface area contributed by atoms with Crippen molar-refractivity contribution in [2.75, 3.05) is 0 Å². The lowest BCUT2D eigenvalue weighted by Gasteiger charge is -2.39. The first kappa shape index (κ1) is 18.4. The molecule has 0 amide bonds. The summed E-state index contributed by atoms with van der Waals surface area (Å²) < 4.78 is 6.12.